The minimum Gasteiger partial charge on any atom is -0.405 e. The maximum Gasteiger partial charge on any atom is 0.573 e. The highest BCUT2D eigenvalue weighted by atomic mass is 79.9. The highest BCUT2D eigenvalue weighted by Crippen LogP contribution is 2.35. The SMILES string of the molecule is C[C@@H](c1cc(Br)ccc1OC(F)(F)F)N1CCNCC1. The van der Waals surface area contributed by atoms with E-state index in [9.17, 15) is 13.2 Å². The number of nitrogens with zero attached hydrogens (tertiary/aromatic N) is 1. The number of halogens is 4. The quantitative estimate of drug-likeness (QED) is 0.903. The lowest BCUT2D eigenvalue weighted by molar-refractivity contribution is -0.275. The van der Waals surface area contributed by atoms with Gasteiger partial charge in [0.1, 0.15) is 5.75 Å². The number of alkyl halides is 3. The summed E-state index contributed by atoms with van der Waals surface area (Å²) in [5.41, 5.74) is 0.540. The van der Waals surface area contributed by atoms with E-state index < -0.39 is 6.36 Å². The molecular formula is C13H16BrF3N2O. The van der Waals surface area contributed by atoms with Crippen LogP contribution >= 0.6 is 15.9 Å². The maximum atomic E-state index is 12.5. The Kier molecular flexibility index (Phi) is 4.93. The summed E-state index contributed by atoms with van der Waals surface area (Å²) in [6.07, 6.45) is -4.67. The lowest BCUT2D eigenvalue weighted by atomic mass is 10.1. The number of hydrogen-bond donors (Lipinski definition) is 1. The summed E-state index contributed by atoms with van der Waals surface area (Å²) in [7, 11) is 0. The van der Waals surface area contributed by atoms with Gasteiger partial charge in [0.15, 0.2) is 0 Å². The van der Waals surface area contributed by atoms with Gasteiger partial charge in [-0.05, 0) is 25.1 Å². The summed E-state index contributed by atoms with van der Waals surface area (Å²) in [5, 5.41) is 3.22. The van der Waals surface area contributed by atoms with Gasteiger partial charge in [-0.2, -0.15) is 0 Å². The first-order chi connectivity index (χ1) is 9.37. The van der Waals surface area contributed by atoms with E-state index in [1.54, 1.807) is 12.1 Å². The average molecular weight is 353 g/mol. The third kappa shape index (κ3) is 4.10. The van der Waals surface area contributed by atoms with Crippen molar-refractivity contribution >= 4 is 15.9 Å². The van der Waals surface area contributed by atoms with Gasteiger partial charge in [0, 0.05) is 42.3 Å². The molecule has 0 radical (unpaired) electrons. The Morgan fingerprint density at radius 2 is 1.95 bits per heavy atom. The fourth-order valence-corrected chi connectivity index (χ4v) is 2.71. The van der Waals surface area contributed by atoms with Crippen LogP contribution in [0.3, 0.4) is 0 Å². The Morgan fingerprint density at radius 1 is 1.30 bits per heavy atom. The van der Waals surface area contributed by atoms with Crippen molar-refractivity contribution in [2.45, 2.75) is 19.3 Å². The van der Waals surface area contributed by atoms with Crippen molar-refractivity contribution in [3.8, 4) is 5.75 Å². The Hall–Kier alpha value is -0.790. The van der Waals surface area contributed by atoms with Crippen molar-refractivity contribution in [1.29, 1.82) is 0 Å². The molecule has 0 unspecified atom stereocenters. The molecule has 1 atom stereocenters. The third-order valence-corrected chi connectivity index (χ3v) is 3.84. The Labute approximate surface area is 124 Å². The Balaban J connectivity index is 2.25. The van der Waals surface area contributed by atoms with Crippen LogP contribution in [0.25, 0.3) is 0 Å². The molecule has 0 amide bonds. The summed E-state index contributed by atoms with van der Waals surface area (Å²) >= 11 is 3.30. The van der Waals surface area contributed by atoms with Crippen LogP contribution in [-0.4, -0.2) is 37.4 Å². The van der Waals surface area contributed by atoms with Gasteiger partial charge in [-0.3, -0.25) is 4.90 Å². The molecule has 7 heteroatoms. The monoisotopic (exact) mass is 352 g/mol. The number of ether oxygens (including phenoxy) is 1. The zero-order valence-corrected chi connectivity index (χ0v) is 12.6. The normalized spacial score (nSPS) is 18.9. The van der Waals surface area contributed by atoms with E-state index in [1.165, 1.54) is 6.07 Å². The standard InChI is InChI=1S/C13H16BrF3N2O/c1-9(19-6-4-18-5-7-19)11-8-10(14)2-3-12(11)20-13(15,16)17/h2-3,8-9,18H,4-7H2,1H3/t9-/m0/s1. The van der Waals surface area contributed by atoms with Gasteiger partial charge in [-0.1, -0.05) is 15.9 Å². The van der Waals surface area contributed by atoms with E-state index >= 15 is 0 Å². The third-order valence-electron chi connectivity index (χ3n) is 3.35. The second kappa shape index (κ2) is 6.32. The highest BCUT2D eigenvalue weighted by Gasteiger charge is 2.33. The second-order valence-electron chi connectivity index (χ2n) is 4.69. The minimum absolute atomic E-state index is 0.132. The molecular weight excluding hydrogens is 337 g/mol. The minimum atomic E-state index is -4.67. The number of hydrogen-bond acceptors (Lipinski definition) is 3. The summed E-state index contributed by atoms with van der Waals surface area (Å²) in [6.45, 7) is 5.19. The fourth-order valence-electron chi connectivity index (χ4n) is 2.33. The molecule has 1 N–H and O–H groups in total. The van der Waals surface area contributed by atoms with E-state index in [0.717, 1.165) is 30.7 Å². The van der Waals surface area contributed by atoms with E-state index in [4.69, 9.17) is 0 Å². The molecule has 1 aliphatic rings. The average Bonchev–Trinajstić information content (AvgIpc) is 2.39. The van der Waals surface area contributed by atoms with Crippen LogP contribution in [0.4, 0.5) is 13.2 Å². The Morgan fingerprint density at radius 3 is 2.55 bits per heavy atom. The second-order valence-corrected chi connectivity index (χ2v) is 5.61. The summed E-state index contributed by atoms with van der Waals surface area (Å²) in [4.78, 5) is 2.14. The smallest absolute Gasteiger partial charge is 0.405 e. The van der Waals surface area contributed by atoms with Crippen molar-refractivity contribution in [2.24, 2.45) is 0 Å². The van der Waals surface area contributed by atoms with Gasteiger partial charge in [0.2, 0.25) is 0 Å². The van der Waals surface area contributed by atoms with Crippen LogP contribution in [0.5, 0.6) is 5.75 Å². The topological polar surface area (TPSA) is 24.5 Å². The first-order valence-corrected chi connectivity index (χ1v) is 7.16. The van der Waals surface area contributed by atoms with Crippen LogP contribution in [0.1, 0.15) is 18.5 Å². The predicted molar refractivity (Wildman–Crippen MR) is 73.7 cm³/mol. The molecule has 1 heterocycles. The molecule has 0 spiro atoms. The van der Waals surface area contributed by atoms with E-state index in [-0.39, 0.29) is 11.8 Å². The highest BCUT2D eigenvalue weighted by molar-refractivity contribution is 9.10. The molecule has 0 aromatic heterocycles. The maximum absolute atomic E-state index is 12.5. The number of piperazine rings is 1. The van der Waals surface area contributed by atoms with E-state index in [2.05, 4.69) is 30.9 Å². The van der Waals surface area contributed by atoms with Gasteiger partial charge in [-0.25, -0.2) is 0 Å². The van der Waals surface area contributed by atoms with Crippen molar-refractivity contribution < 1.29 is 17.9 Å². The molecule has 20 heavy (non-hydrogen) atoms. The molecule has 3 nitrogen and oxygen atoms in total. The van der Waals surface area contributed by atoms with Crippen molar-refractivity contribution in [3.63, 3.8) is 0 Å². The van der Waals surface area contributed by atoms with Crippen LogP contribution in [0.15, 0.2) is 22.7 Å². The van der Waals surface area contributed by atoms with Gasteiger partial charge in [0.05, 0.1) is 0 Å². The molecule has 1 fully saturated rings. The van der Waals surface area contributed by atoms with Crippen molar-refractivity contribution in [3.05, 3.63) is 28.2 Å². The molecule has 0 bridgehead atoms. The zero-order valence-electron chi connectivity index (χ0n) is 11.0. The van der Waals surface area contributed by atoms with Crippen molar-refractivity contribution in [2.75, 3.05) is 26.2 Å². The van der Waals surface area contributed by atoms with E-state index in [1.807, 2.05) is 6.92 Å². The van der Waals surface area contributed by atoms with Crippen LogP contribution < -0.4 is 10.1 Å². The molecule has 0 saturated carbocycles. The van der Waals surface area contributed by atoms with Gasteiger partial charge in [0.25, 0.3) is 0 Å². The zero-order chi connectivity index (χ0) is 14.8. The van der Waals surface area contributed by atoms with Gasteiger partial charge >= 0.3 is 6.36 Å². The van der Waals surface area contributed by atoms with Gasteiger partial charge in [-0.15, -0.1) is 13.2 Å². The Bertz CT molecular complexity index is 461. The first-order valence-electron chi connectivity index (χ1n) is 6.37. The van der Waals surface area contributed by atoms with E-state index in [0.29, 0.717) is 5.56 Å². The molecule has 2 rings (SSSR count). The van der Waals surface area contributed by atoms with Crippen LogP contribution in [0.2, 0.25) is 0 Å². The summed E-state index contributed by atoms with van der Waals surface area (Å²) in [6, 6.07) is 4.46. The van der Waals surface area contributed by atoms with Crippen molar-refractivity contribution in [1.82, 2.24) is 10.2 Å². The lowest BCUT2D eigenvalue weighted by Crippen LogP contribution is -2.44. The summed E-state index contributed by atoms with van der Waals surface area (Å²) in [5.74, 6) is -0.133. The largest absolute Gasteiger partial charge is 0.573 e. The molecule has 0 aliphatic carbocycles. The van der Waals surface area contributed by atoms with Crippen LogP contribution in [0, 0.1) is 0 Å². The molecule has 1 saturated heterocycles. The summed E-state index contributed by atoms with van der Waals surface area (Å²) < 4.78 is 42.3. The number of nitrogens with one attached hydrogen (secondary N) is 1. The molecule has 112 valence electrons. The predicted octanol–water partition coefficient (Wildman–Crippen LogP) is 3.31. The lowest BCUT2D eigenvalue weighted by Gasteiger charge is -2.33. The molecule has 1 aliphatic heterocycles. The van der Waals surface area contributed by atoms with Crippen LogP contribution in [-0.2, 0) is 0 Å². The molecule has 1 aromatic rings. The fraction of sp³-hybridized carbons (Fsp3) is 0.538. The van der Waals surface area contributed by atoms with Gasteiger partial charge < -0.3 is 10.1 Å². The number of rotatable bonds is 3. The first kappa shape index (κ1) is 15.6. The molecule has 1 aromatic carbocycles. The number of benzene rings is 1.